The second-order valence-electron chi connectivity index (χ2n) is 5.34. The maximum absolute atomic E-state index is 6.38. The van der Waals surface area contributed by atoms with E-state index in [9.17, 15) is 0 Å². The topological polar surface area (TPSA) is 48.4 Å². The first-order valence-electron chi connectivity index (χ1n) is 6.99. The summed E-state index contributed by atoms with van der Waals surface area (Å²) in [6.07, 6.45) is 0. The number of rotatable bonds is 3. The third kappa shape index (κ3) is 2.41. The molecule has 0 saturated carbocycles. The lowest BCUT2D eigenvalue weighted by Crippen LogP contribution is -2.11. The number of furan rings is 1. The highest BCUT2D eigenvalue weighted by Crippen LogP contribution is 2.32. The minimum absolute atomic E-state index is 0.274. The molecule has 0 aliphatic rings. The fourth-order valence-electron chi connectivity index (χ4n) is 2.61. The Bertz CT molecular complexity index is 772. The second kappa shape index (κ2) is 5.26. The van der Waals surface area contributed by atoms with Gasteiger partial charge in [0.05, 0.1) is 13.2 Å². The zero-order valence-electron chi connectivity index (χ0n) is 12.5. The average molecular weight is 281 g/mol. The maximum atomic E-state index is 6.38. The highest BCUT2D eigenvalue weighted by atomic mass is 16.5. The number of aryl methyl sites for hydroxylation is 2. The number of ether oxygens (including phenoxy) is 1. The third-order valence-electron chi connectivity index (χ3n) is 3.89. The lowest BCUT2D eigenvalue weighted by atomic mass is 10.0. The number of methoxy groups -OCH3 is 1. The van der Waals surface area contributed by atoms with Gasteiger partial charge in [-0.05, 0) is 43.2 Å². The Hall–Kier alpha value is -2.26. The van der Waals surface area contributed by atoms with E-state index in [0.29, 0.717) is 0 Å². The molecule has 3 aromatic rings. The molecule has 21 heavy (non-hydrogen) atoms. The summed E-state index contributed by atoms with van der Waals surface area (Å²) in [6, 6.07) is 13.7. The van der Waals surface area contributed by atoms with E-state index >= 15 is 0 Å². The van der Waals surface area contributed by atoms with E-state index in [1.54, 1.807) is 7.11 Å². The van der Waals surface area contributed by atoms with Gasteiger partial charge in [0.15, 0.2) is 0 Å². The number of nitrogens with two attached hydrogens (primary N) is 1. The van der Waals surface area contributed by atoms with Crippen molar-refractivity contribution in [3.63, 3.8) is 0 Å². The molecule has 3 rings (SSSR count). The first-order valence-corrected chi connectivity index (χ1v) is 6.99. The standard InChI is InChI=1S/C18H19NO2/c1-11-4-9-15-12(2)18(21-16(15)10-11)17(19)13-5-7-14(20-3)8-6-13/h4-10,17H,19H2,1-3H3. The normalized spacial score (nSPS) is 12.6. The van der Waals surface area contributed by atoms with Gasteiger partial charge in [-0.1, -0.05) is 24.3 Å². The van der Waals surface area contributed by atoms with Crippen molar-refractivity contribution in [3.8, 4) is 5.75 Å². The van der Waals surface area contributed by atoms with Gasteiger partial charge in [-0.3, -0.25) is 0 Å². The first-order chi connectivity index (χ1) is 10.1. The molecule has 2 N–H and O–H groups in total. The monoisotopic (exact) mass is 281 g/mol. The second-order valence-corrected chi connectivity index (χ2v) is 5.34. The van der Waals surface area contributed by atoms with Gasteiger partial charge in [0.25, 0.3) is 0 Å². The molecule has 0 radical (unpaired) electrons. The lowest BCUT2D eigenvalue weighted by Gasteiger charge is -2.11. The zero-order chi connectivity index (χ0) is 15.0. The summed E-state index contributed by atoms with van der Waals surface area (Å²) in [5.41, 5.74) is 10.6. The predicted molar refractivity (Wildman–Crippen MR) is 84.7 cm³/mol. The fourth-order valence-corrected chi connectivity index (χ4v) is 2.61. The lowest BCUT2D eigenvalue weighted by molar-refractivity contribution is 0.414. The Labute approximate surface area is 124 Å². The molecule has 3 heteroatoms. The summed E-state index contributed by atoms with van der Waals surface area (Å²) >= 11 is 0. The Morgan fingerprint density at radius 1 is 1.05 bits per heavy atom. The van der Waals surface area contributed by atoms with Gasteiger partial charge < -0.3 is 14.9 Å². The van der Waals surface area contributed by atoms with Crippen molar-refractivity contribution >= 4 is 11.0 Å². The maximum Gasteiger partial charge on any atom is 0.134 e. The van der Waals surface area contributed by atoms with E-state index in [1.807, 2.05) is 30.3 Å². The van der Waals surface area contributed by atoms with E-state index in [2.05, 4.69) is 26.0 Å². The molecule has 2 aromatic carbocycles. The summed E-state index contributed by atoms with van der Waals surface area (Å²) in [5, 5.41) is 1.12. The number of hydrogen-bond donors (Lipinski definition) is 1. The van der Waals surface area contributed by atoms with E-state index in [-0.39, 0.29) is 6.04 Å². The van der Waals surface area contributed by atoms with Crippen molar-refractivity contribution < 1.29 is 9.15 Å². The number of hydrogen-bond acceptors (Lipinski definition) is 3. The van der Waals surface area contributed by atoms with Crippen LogP contribution in [-0.2, 0) is 0 Å². The highest BCUT2D eigenvalue weighted by molar-refractivity contribution is 5.83. The molecule has 0 bridgehead atoms. The molecular formula is C18H19NO2. The Morgan fingerprint density at radius 3 is 2.43 bits per heavy atom. The molecule has 0 aliphatic heterocycles. The summed E-state index contributed by atoms with van der Waals surface area (Å²) in [7, 11) is 1.65. The zero-order valence-corrected chi connectivity index (χ0v) is 12.5. The molecule has 1 atom stereocenters. The number of benzene rings is 2. The SMILES string of the molecule is COc1ccc(C(N)c2oc3cc(C)ccc3c2C)cc1. The smallest absolute Gasteiger partial charge is 0.134 e. The van der Waals surface area contributed by atoms with Crippen molar-refractivity contribution in [3.05, 3.63) is 64.9 Å². The van der Waals surface area contributed by atoms with Crippen LogP contribution in [-0.4, -0.2) is 7.11 Å². The van der Waals surface area contributed by atoms with Crippen molar-refractivity contribution in [2.75, 3.05) is 7.11 Å². The molecule has 1 heterocycles. The molecule has 1 unspecified atom stereocenters. The minimum Gasteiger partial charge on any atom is -0.497 e. The molecule has 0 fully saturated rings. The van der Waals surface area contributed by atoms with Crippen LogP contribution >= 0.6 is 0 Å². The van der Waals surface area contributed by atoms with Gasteiger partial charge in [0, 0.05) is 10.9 Å². The molecular weight excluding hydrogens is 262 g/mol. The van der Waals surface area contributed by atoms with Gasteiger partial charge in [0.2, 0.25) is 0 Å². The Balaban J connectivity index is 2.04. The third-order valence-corrected chi connectivity index (χ3v) is 3.89. The number of fused-ring (bicyclic) bond motifs is 1. The summed E-state index contributed by atoms with van der Waals surface area (Å²) in [6.45, 7) is 4.11. The summed E-state index contributed by atoms with van der Waals surface area (Å²) < 4.78 is 11.2. The van der Waals surface area contributed by atoms with Crippen LogP contribution in [0.5, 0.6) is 5.75 Å². The van der Waals surface area contributed by atoms with Crippen molar-refractivity contribution in [2.45, 2.75) is 19.9 Å². The van der Waals surface area contributed by atoms with Crippen LogP contribution in [0.25, 0.3) is 11.0 Å². The Morgan fingerprint density at radius 2 is 1.76 bits per heavy atom. The average Bonchev–Trinajstić information content (AvgIpc) is 2.83. The van der Waals surface area contributed by atoms with Gasteiger partial charge in [-0.25, -0.2) is 0 Å². The van der Waals surface area contributed by atoms with Crippen molar-refractivity contribution in [1.29, 1.82) is 0 Å². The van der Waals surface area contributed by atoms with E-state index in [4.69, 9.17) is 14.9 Å². The van der Waals surface area contributed by atoms with Crippen LogP contribution in [0.2, 0.25) is 0 Å². The molecule has 0 saturated heterocycles. The highest BCUT2D eigenvalue weighted by Gasteiger charge is 2.18. The largest absolute Gasteiger partial charge is 0.497 e. The van der Waals surface area contributed by atoms with Crippen LogP contribution in [0.15, 0.2) is 46.9 Å². The van der Waals surface area contributed by atoms with E-state index < -0.39 is 0 Å². The molecule has 108 valence electrons. The molecule has 0 amide bonds. The van der Waals surface area contributed by atoms with Crippen LogP contribution < -0.4 is 10.5 Å². The van der Waals surface area contributed by atoms with Crippen LogP contribution in [0.4, 0.5) is 0 Å². The van der Waals surface area contributed by atoms with Gasteiger partial charge in [-0.15, -0.1) is 0 Å². The van der Waals surface area contributed by atoms with Crippen LogP contribution in [0, 0.1) is 13.8 Å². The fraction of sp³-hybridized carbons (Fsp3) is 0.222. The summed E-state index contributed by atoms with van der Waals surface area (Å²) in [5.74, 6) is 1.64. The van der Waals surface area contributed by atoms with Gasteiger partial charge >= 0.3 is 0 Å². The van der Waals surface area contributed by atoms with Crippen LogP contribution in [0.1, 0.15) is 28.5 Å². The molecule has 1 aromatic heterocycles. The first kappa shape index (κ1) is 13.7. The molecule has 0 aliphatic carbocycles. The van der Waals surface area contributed by atoms with Gasteiger partial charge in [0.1, 0.15) is 17.1 Å². The Kier molecular flexibility index (Phi) is 3.43. The van der Waals surface area contributed by atoms with Crippen molar-refractivity contribution in [2.24, 2.45) is 5.73 Å². The molecule has 3 nitrogen and oxygen atoms in total. The van der Waals surface area contributed by atoms with Gasteiger partial charge in [-0.2, -0.15) is 0 Å². The van der Waals surface area contributed by atoms with Crippen LogP contribution in [0.3, 0.4) is 0 Å². The van der Waals surface area contributed by atoms with Crippen molar-refractivity contribution in [1.82, 2.24) is 0 Å². The quantitative estimate of drug-likeness (QED) is 0.786. The molecule has 0 spiro atoms. The van der Waals surface area contributed by atoms with E-state index in [0.717, 1.165) is 33.6 Å². The predicted octanol–water partition coefficient (Wildman–Crippen LogP) is 4.11. The van der Waals surface area contributed by atoms with E-state index in [1.165, 1.54) is 5.56 Å². The summed E-state index contributed by atoms with van der Waals surface area (Å²) in [4.78, 5) is 0. The minimum atomic E-state index is -0.274.